The highest BCUT2D eigenvalue weighted by molar-refractivity contribution is 5.30. The van der Waals surface area contributed by atoms with Crippen LogP contribution in [0.25, 0.3) is 0 Å². The van der Waals surface area contributed by atoms with Gasteiger partial charge in [0.15, 0.2) is 6.29 Å². The number of aromatic nitrogens is 2. The van der Waals surface area contributed by atoms with Crippen LogP contribution < -0.4 is 5.32 Å². The Labute approximate surface area is 122 Å². The van der Waals surface area contributed by atoms with Crippen molar-refractivity contribution in [3.63, 3.8) is 0 Å². The van der Waals surface area contributed by atoms with E-state index < -0.39 is 6.29 Å². The summed E-state index contributed by atoms with van der Waals surface area (Å²) in [6, 6.07) is 6.38. The van der Waals surface area contributed by atoms with Gasteiger partial charge in [0.25, 0.3) is 0 Å². The quantitative estimate of drug-likeness (QED) is 0.734. The maximum Gasteiger partial charge on any atom is 0.222 e. The summed E-state index contributed by atoms with van der Waals surface area (Å²) in [5.74, 6) is 0.138. The molecule has 1 heterocycles. The molecule has 1 aromatic carbocycles. The van der Waals surface area contributed by atoms with Crippen molar-refractivity contribution in [1.82, 2.24) is 9.97 Å². The van der Waals surface area contributed by atoms with Gasteiger partial charge in [-0.1, -0.05) is 26.0 Å². The van der Waals surface area contributed by atoms with E-state index >= 15 is 0 Å². The molecule has 0 saturated carbocycles. The fourth-order valence-corrected chi connectivity index (χ4v) is 1.87. The van der Waals surface area contributed by atoms with Crippen LogP contribution in [0.1, 0.15) is 31.3 Å². The average Bonchev–Trinajstić information content (AvgIpc) is 2.46. The van der Waals surface area contributed by atoms with Crippen LogP contribution in [-0.4, -0.2) is 26.7 Å². The van der Waals surface area contributed by atoms with Crippen molar-refractivity contribution in [2.45, 2.75) is 25.6 Å². The first kappa shape index (κ1) is 15.3. The molecule has 0 bridgehead atoms. The number of benzene rings is 1. The molecule has 0 unspecified atom stereocenters. The third-order valence-electron chi connectivity index (χ3n) is 3.28. The van der Waals surface area contributed by atoms with E-state index in [4.69, 9.17) is 10.2 Å². The lowest BCUT2D eigenvalue weighted by atomic mass is 9.84. The van der Waals surface area contributed by atoms with Gasteiger partial charge in [0.05, 0.1) is 0 Å². The van der Waals surface area contributed by atoms with E-state index in [2.05, 4.69) is 15.3 Å². The molecule has 112 valence electrons. The molecule has 2 aromatic rings. The number of hydrogen-bond acceptors (Lipinski definition) is 5. The Morgan fingerprint density at radius 2 is 1.71 bits per heavy atom. The number of anilines is 1. The molecule has 0 fully saturated rings. The highest BCUT2D eigenvalue weighted by atomic mass is 19.1. The molecule has 0 radical (unpaired) electrons. The highest BCUT2D eigenvalue weighted by Gasteiger charge is 2.20. The predicted octanol–water partition coefficient (Wildman–Crippen LogP) is 1.99. The second kappa shape index (κ2) is 6.15. The molecule has 0 aliphatic heterocycles. The second-order valence-corrected chi connectivity index (χ2v) is 5.46. The number of rotatable bonds is 5. The first-order valence-corrected chi connectivity index (χ1v) is 6.56. The van der Waals surface area contributed by atoms with Crippen molar-refractivity contribution < 1.29 is 14.6 Å². The number of aliphatic hydroxyl groups excluding tert-OH is 1. The van der Waals surface area contributed by atoms with Crippen LogP contribution in [-0.2, 0) is 5.41 Å². The third-order valence-corrected chi connectivity index (χ3v) is 3.28. The zero-order chi connectivity index (χ0) is 15.5. The van der Waals surface area contributed by atoms with Crippen LogP contribution in [0.2, 0.25) is 0 Å². The summed E-state index contributed by atoms with van der Waals surface area (Å²) in [5, 5.41) is 21.0. The van der Waals surface area contributed by atoms with Gasteiger partial charge < -0.3 is 15.5 Å². The van der Waals surface area contributed by atoms with Gasteiger partial charge in [-0.15, -0.1) is 0 Å². The normalized spacial score (nSPS) is 11.7. The second-order valence-electron chi connectivity index (χ2n) is 5.46. The first-order chi connectivity index (χ1) is 9.88. The summed E-state index contributed by atoms with van der Waals surface area (Å²) in [5.41, 5.74) is 1.00. The molecule has 0 spiro atoms. The maximum atomic E-state index is 13.0. The van der Waals surface area contributed by atoms with Crippen LogP contribution in [0.4, 0.5) is 10.3 Å². The van der Waals surface area contributed by atoms with E-state index in [1.165, 1.54) is 24.5 Å². The summed E-state index contributed by atoms with van der Waals surface area (Å²) < 4.78 is 13.0. The van der Waals surface area contributed by atoms with Crippen LogP contribution in [0.5, 0.6) is 0 Å². The van der Waals surface area contributed by atoms with Crippen LogP contribution in [0.3, 0.4) is 0 Å². The van der Waals surface area contributed by atoms with Crippen molar-refractivity contribution >= 4 is 5.95 Å². The van der Waals surface area contributed by atoms with E-state index in [1.807, 2.05) is 13.8 Å². The topological polar surface area (TPSA) is 78.3 Å². The van der Waals surface area contributed by atoms with Gasteiger partial charge in [-0.25, -0.2) is 14.4 Å². The molecule has 0 atom stereocenters. The lowest BCUT2D eigenvalue weighted by Gasteiger charge is -2.25. The van der Waals surface area contributed by atoms with Crippen molar-refractivity contribution in [3.8, 4) is 0 Å². The van der Waals surface area contributed by atoms with Gasteiger partial charge in [-0.05, 0) is 17.7 Å². The molecule has 0 aliphatic rings. The Morgan fingerprint density at radius 3 is 2.24 bits per heavy atom. The Kier molecular flexibility index (Phi) is 4.50. The number of nitrogens with zero attached hydrogens (tertiary/aromatic N) is 2. The Bertz CT molecular complexity index is 583. The zero-order valence-corrected chi connectivity index (χ0v) is 11.9. The summed E-state index contributed by atoms with van der Waals surface area (Å²) in [6.45, 7) is 4.61. The van der Waals surface area contributed by atoms with E-state index in [0.29, 0.717) is 12.5 Å². The van der Waals surface area contributed by atoms with Crippen LogP contribution in [0, 0.1) is 5.82 Å². The average molecular weight is 291 g/mol. The minimum absolute atomic E-state index is 0.230. The first-order valence-electron chi connectivity index (χ1n) is 6.56. The van der Waals surface area contributed by atoms with Gasteiger partial charge in [0.1, 0.15) is 5.82 Å². The molecule has 6 heteroatoms. The Hall–Kier alpha value is -2.05. The number of hydrogen-bond donors (Lipinski definition) is 3. The molecule has 0 aliphatic carbocycles. The smallest absolute Gasteiger partial charge is 0.222 e. The van der Waals surface area contributed by atoms with E-state index in [1.54, 1.807) is 12.1 Å². The van der Waals surface area contributed by atoms with Crippen molar-refractivity contribution in [1.29, 1.82) is 0 Å². The molecule has 1 aromatic heterocycles. The van der Waals surface area contributed by atoms with E-state index in [-0.39, 0.29) is 16.8 Å². The standard InChI is InChI=1S/C15H18FN3O2/c1-15(2,11-3-5-12(16)6-4-11)9-19-14-17-7-10(8-18-14)13(20)21/h3-8,13,20-21H,9H2,1-2H3,(H,17,18,19). The van der Waals surface area contributed by atoms with Crippen molar-refractivity contribution in [3.05, 3.63) is 53.6 Å². The molecule has 0 amide bonds. The van der Waals surface area contributed by atoms with Gasteiger partial charge in [0, 0.05) is 29.9 Å². The minimum Gasteiger partial charge on any atom is -0.364 e. The number of halogens is 1. The summed E-state index contributed by atoms with van der Waals surface area (Å²) in [7, 11) is 0. The van der Waals surface area contributed by atoms with Crippen molar-refractivity contribution in [2.24, 2.45) is 0 Å². The van der Waals surface area contributed by atoms with Gasteiger partial charge >= 0.3 is 0 Å². The molecule has 2 rings (SSSR count). The molecule has 5 nitrogen and oxygen atoms in total. The molecular weight excluding hydrogens is 273 g/mol. The number of aliphatic hydroxyl groups is 2. The Morgan fingerprint density at radius 1 is 1.14 bits per heavy atom. The fraction of sp³-hybridized carbons (Fsp3) is 0.333. The largest absolute Gasteiger partial charge is 0.364 e. The molecule has 21 heavy (non-hydrogen) atoms. The monoisotopic (exact) mass is 291 g/mol. The molecule has 3 N–H and O–H groups in total. The fourth-order valence-electron chi connectivity index (χ4n) is 1.87. The molecule has 0 saturated heterocycles. The summed E-state index contributed by atoms with van der Waals surface area (Å²) in [6.07, 6.45) is 1.13. The van der Waals surface area contributed by atoms with Crippen molar-refractivity contribution in [2.75, 3.05) is 11.9 Å². The lowest BCUT2D eigenvalue weighted by molar-refractivity contribution is -0.0429. The minimum atomic E-state index is -1.57. The lowest BCUT2D eigenvalue weighted by Crippen LogP contribution is -2.28. The van der Waals surface area contributed by atoms with Crippen LogP contribution in [0.15, 0.2) is 36.7 Å². The summed E-state index contributed by atoms with van der Waals surface area (Å²) in [4.78, 5) is 8.02. The van der Waals surface area contributed by atoms with Gasteiger partial charge in [0.2, 0.25) is 5.95 Å². The van der Waals surface area contributed by atoms with E-state index in [9.17, 15) is 4.39 Å². The zero-order valence-electron chi connectivity index (χ0n) is 11.9. The predicted molar refractivity (Wildman–Crippen MR) is 77.1 cm³/mol. The summed E-state index contributed by atoms with van der Waals surface area (Å²) >= 11 is 0. The van der Waals surface area contributed by atoms with Gasteiger partial charge in [-0.2, -0.15) is 0 Å². The Balaban J connectivity index is 2.02. The molecular formula is C15H18FN3O2. The van der Waals surface area contributed by atoms with E-state index in [0.717, 1.165) is 5.56 Å². The SMILES string of the molecule is CC(C)(CNc1ncc(C(O)O)cn1)c1ccc(F)cc1. The van der Waals surface area contributed by atoms with Gasteiger partial charge in [-0.3, -0.25) is 0 Å². The maximum absolute atomic E-state index is 13.0. The highest BCUT2D eigenvalue weighted by Crippen LogP contribution is 2.23. The van der Waals surface area contributed by atoms with Crippen LogP contribution >= 0.6 is 0 Å². The number of nitrogens with one attached hydrogen (secondary N) is 1. The third kappa shape index (κ3) is 3.96.